The van der Waals surface area contributed by atoms with Gasteiger partial charge in [-0.3, -0.25) is 34.3 Å². The number of hydrogen-bond donors (Lipinski definition) is 3. The summed E-state index contributed by atoms with van der Waals surface area (Å²) >= 11 is 0. The number of aryl methyl sites for hydroxylation is 1. The van der Waals surface area contributed by atoms with E-state index >= 15 is 0 Å². The number of fused-ring (bicyclic) bond motifs is 1. The van der Waals surface area contributed by atoms with E-state index in [9.17, 15) is 29.3 Å². The van der Waals surface area contributed by atoms with Crippen molar-refractivity contribution in [3.63, 3.8) is 0 Å². The Labute approximate surface area is 205 Å². The molecule has 0 saturated carbocycles. The fraction of sp³-hybridized carbons (Fsp3) is 0.435. The standard InChI is InChI=1S/C23H26N6O7/c1-3-36-22(33)13-5-4-8-28(11-13)23-26-19-18(21(32)27-23)15(10-17(30)25-19)20(31)24-16-7-6-14(29(34)35)9-12(16)2/h6-7,9,13,15H,3-5,8,10-11H2,1-2H3,(H,24,31)(H2,25,26,27,30,32). The van der Waals surface area contributed by atoms with Gasteiger partial charge >= 0.3 is 5.97 Å². The van der Waals surface area contributed by atoms with Crippen molar-refractivity contribution in [2.45, 2.75) is 39.0 Å². The second-order valence-corrected chi connectivity index (χ2v) is 8.74. The van der Waals surface area contributed by atoms with Gasteiger partial charge in [0, 0.05) is 37.3 Å². The molecule has 2 amide bonds. The largest absolute Gasteiger partial charge is 0.466 e. The maximum Gasteiger partial charge on any atom is 0.310 e. The van der Waals surface area contributed by atoms with Gasteiger partial charge in [-0.1, -0.05) is 0 Å². The van der Waals surface area contributed by atoms with Crippen LogP contribution in [0.15, 0.2) is 23.0 Å². The van der Waals surface area contributed by atoms with Crippen LogP contribution in [-0.4, -0.2) is 52.4 Å². The molecule has 2 unspecified atom stereocenters. The number of esters is 1. The molecular weight excluding hydrogens is 472 g/mol. The lowest BCUT2D eigenvalue weighted by Crippen LogP contribution is -2.42. The van der Waals surface area contributed by atoms with Crippen LogP contribution < -0.4 is 21.1 Å². The summed E-state index contributed by atoms with van der Waals surface area (Å²) in [6.07, 6.45) is 1.09. The van der Waals surface area contributed by atoms with Gasteiger partial charge in [0.1, 0.15) is 5.82 Å². The smallest absolute Gasteiger partial charge is 0.310 e. The Morgan fingerprint density at radius 3 is 2.81 bits per heavy atom. The van der Waals surface area contributed by atoms with Crippen LogP contribution in [0.25, 0.3) is 0 Å². The third-order valence-electron chi connectivity index (χ3n) is 6.27. The molecule has 2 aliphatic heterocycles. The molecule has 3 heterocycles. The van der Waals surface area contributed by atoms with E-state index in [1.165, 1.54) is 18.2 Å². The number of aromatic amines is 1. The number of nitro benzene ring substituents is 1. The predicted molar refractivity (Wildman–Crippen MR) is 129 cm³/mol. The third kappa shape index (κ3) is 5.04. The van der Waals surface area contributed by atoms with E-state index in [2.05, 4.69) is 20.6 Å². The number of hydrogen-bond acceptors (Lipinski definition) is 9. The van der Waals surface area contributed by atoms with Crippen LogP contribution in [0.1, 0.15) is 43.2 Å². The molecule has 2 aromatic rings. The SMILES string of the molecule is CCOC(=O)C1CCCN(c2nc3c(c(=O)[nH]2)C(C(=O)Nc2ccc([N+](=O)[O-])cc2C)CC(=O)N3)C1. The van der Waals surface area contributed by atoms with Crippen molar-refractivity contribution in [2.75, 3.05) is 35.2 Å². The maximum atomic E-state index is 13.1. The summed E-state index contributed by atoms with van der Waals surface area (Å²) in [5, 5.41) is 16.2. The average molecular weight is 498 g/mol. The van der Waals surface area contributed by atoms with Crippen LogP contribution in [0.2, 0.25) is 0 Å². The number of anilines is 3. The second-order valence-electron chi connectivity index (χ2n) is 8.74. The number of benzene rings is 1. The van der Waals surface area contributed by atoms with E-state index < -0.39 is 28.2 Å². The Hall–Kier alpha value is -4.29. The van der Waals surface area contributed by atoms with Crippen LogP contribution in [-0.2, 0) is 19.1 Å². The van der Waals surface area contributed by atoms with Crippen LogP contribution >= 0.6 is 0 Å². The normalized spacial score (nSPS) is 19.2. The summed E-state index contributed by atoms with van der Waals surface area (Å²) in [5.41, 5.74) is 0.117. The number of nitrogens with zero attached hydrogens (tertiary/aromatic N) is 3. The van der Waals surface area contributed by atoms with E-state index in [4.69, 9.17) is 4.74 Å². The highest BCUT2D eigenvalue weighted by atomic mass is 16.6. The van der Waals surface area contributed by atoms with Crippen LogP contribution in [0, 0.1) is 23.0 Å². The molecule has 3 N–H and O–H groups in total. The van der Waals surface area contributed by atoms with Gasteiger partial charge in [-0.2, -0.15) is 4.98 Å². The van der Waals surface area contributed by atoms with Crippen molar-refractivity contribution in [3.05, 3.63) is 49.8 Å². The summed E-state index contributed by atoms with van der Waals surface area (Å²) in [4.78, 5) is 70.0. The van der Waals surface area contributed by atoms with E-state index in [1.807, 2.05) is 0 Å². The molecule has 2 atom stereocenters. The number of carbonyl (C=O) groups is 3. The fourth-order valence-corrected chi connectivity index (χ4v) is 4.48. The van der Waals surface area contributed by atoms with Gasteiger partial charge < -0.3 is 20.3 Å². The molecule has 13 nitrogen and oxygen atoms in total. The first-order valence-corrected chi connectivity index (χ1v) is 11.6. The first-order valence-electron chi connectivity index (χ1n) is 11.6. The Bertz CT molecular complexity index is 1290. The highest BCUT2D eigenvalue weighted by Crippen LogP contribution is 2.32. The Morgan fingerprint density at radius 1 is 1.33 bits per heavy atom. The van der Waals surface area contributed by atoms with E-state index in [0.717, 1.165) is 0 Å². The number of carbonyl (C=O) groups excluding carboxylic acids is 3. The molecule has 190 valence electrons. The molecular formula is C23H26N6O7. The van der Waals surface area contributed by atoms with Crippen molar-refractivity contribution in [1.29, 1.82) is 0 Å². The second kappa shape index (κ2) is 10.1. The van der Waals surface area contributed by atoms with E-state index in [-0.39, 0.29) is 47.9 Å². The number of H-pyrrole nitrogens is 1. The third-order valence-corrected chi connectivity index (χ3v) is 6.27. The minimum atomic E-state index is -1.11. The molecule has 0 spiro atoms. The van der Waals surface area contributed by atoms with Crippen molar-refractivity contribution in [3.8, 4) is 0 Å². The summed E-state index contributed by atoms with van der Waals surface area (Å²) in [6, 6.07) is 3.98. The minimum Gasteiger partial charge on any atom is -0.466 e. The average Bonchev–Trinajstić information content (AvgIpc) is 2.84. The minimum absolute atomic E-state index is 0.0103. The van der Waals surface area contributed by atoms with Crippen LogP contribution in [0.4, 0.5) is 23.1 Å². The van der Waals surface area contributed by atoms with Crippen molar-refractivity contribution >= 4 is 40.9 Å². The predicted octanol–water partition coefficient (Wildman–Crippen LogP) is 1.83. The first-order chi connectivity index (χ1) is 17.2. The van der Waals surface area contributed by atoms with Gasteiger partial charge in [0.2, 0.25) is 17.8 Å². The molecule has 1 saturated heterocycles. The van der Waals surface area contributed by atoms with Crippen molar-refractivity contribution < 1.29 is 24.0 Å². The number of amides is 2. The van der Waals surface area contributed by atoms with Gasteiger partial charge in [-0.05, 0) is 38.3 Å². The monoisotopic (exact) mass is 498 g/mol. The number of rotatable bonds is 6. The van der Waals surface area contributed by atoms with E-state index in [1.54, 1.807) is 18.7 Å². The molecule has 1 fully saturated rings. The Morgan fingerprint density at radius 2 is 2.11 bits per heavy atom. The van der Waals surface area contributed by atoms with Gasteiger partial charge in [0.15, 0.2) is 0 Å². The number of piperidine rings is 1. The number of nitro groups is 1. The zero-order valence-electron chi connectivity index (χ0n) is 19.8. The van der Waals surface area contributed by atoms with Gasteiger partial charge in [-0.25, -0.2) is 0 Å². The maximum absolute atomic E-state index is 13.1. The summed E-state index contributed by atoms with van der Waals surface area (Å²) in [7, 11) is 0. The van der Waals surface area contributed by atoms with Crippen molar-refractivity contribution in [2.24, 2.45) is 5.92 Å². The van der Waals surface area contributed by atoms with Gasteiger partial charge in [0.25, 0.3) is 11.2 Å². The molecule has 36 heavy (non-hydrogen) atoms. The molecule has 2 aliphatic rings. The van der Waals surface area contributed by atoms with E-state index in [0.29, 0.717) is 37.2 Å². The topological polar surface area (TPSA) is 177 Å². The first kappa shape index (κ1) is 24.8. The van der Waals surface area contributed by atoms with Crippen LogP contribution in [0.3, 0.4) is 0 Å². The molecule has 0 bridgehead atoms. The highest BCUT2D eigenvalue weighted by molar-refractivity contribution is 6.04. The quantitative estimate of drug-likeness (QED) is 0.304. The molecule has 1 aromatic heterocycles. The lowest BCUT2D eigenvalue weighted by atomic mass is 9.92. The molecule has 4 rings (SSSR count). The number of ether oxygens (including phenoxy) is 1. The Balaban J connectivity index is 1.59. The van der Waals surface area contributed by atoms with Crippen molar-refractivity contribution in [1.82, 2.24) is 9.97 Å². The summed E-state index contributed by atoms with van der Waals surface area (Å²) in [6.45, 7) is 4.47. The molecule has 13 heteroatoms. The Kier molecular flexibility index (Phi) is 6.99. The number of nitrogens with one attached hydrogen (secondary N) is 3. The van der Waals surface area contributed by atoms with Crippen LogP contribution in [0.5, 0.6) is 0 Å². The lowest BCUT2D eigenvalue weighted by molar-refractivity contribution is -0.384. The number of aromatic nitrogens is 2. The highest BCUT2D eigenvalue weighted by Gasteiger charge is 2.36. The van der Waals surface area contributed by atoms with Gasteiger partial charge in [0.05, 0.1) is 28.9 Å². The summed E-state index contributed by atoms with van der Waals surface area (Å²) in [5.74, 6) is -2.68. The number of non-ortho nitro benzene ring substituents is 1. The molecule has 1 aromatic carbocycles. The molecule has 0 aliphatic carbocycles. The molecule has 0 radical (unpaired) electrons. The zero-order chi connectivity index (χ0) is 26.0. The summed E-state index contributed by atoms with van der Waals surface area (Å²) < 4.78 is 5.12. The fourth-order valence-electron chi connectivity index (χ4n) is 4.48. The lowest BCUT2D eigenvalue weighted by Gasteiger charge is -2.32. The zero-order valence-corrected chi connectivity index (χ0v) is 19.8. The van der Waals surface area contributed by atoms with Gasteiger partial charge in [-0.15, -0.1) is 0 Å².